The monoisotopic (exact) mass is 379 g/mol. The fourth-order valence-corrected chi connectivity index (χ4v) is 3.76. The molecule has 0 radical (unpaired) electrons. The van der Waals surface area contributed by atoms with E-state index in [1.807, 2.05) is 23.0 Å². The summed E-state index contributed by atoms with van der Waals surface area (Å²) in [6, 6.07) is 1.95. The number of rotatable bonds is 5. The van der Waals surface area contributed by atoms with Gasteiger partial charge in [-0.1, -0.05) is 13.8 Å². The molecular formula is C17H25N5O3S. The Labute approximate surface area is 156 Å². The third-order valence-corrected chi connectivity index (χ3v) is 5.54. The molecule has 142 valence electrons. The van der Waals surface area contributed by atoms with Gasteiger partial charge in [0.1, 0.15) is 10.8 Å². The highest BCUT2D eigenvalue weighted by atomic mass is 32.2. The Balaban J connectivity index is 1.75. The fraction of sp³-hybridized carbons (Fsp3) is 0.588. The van der Waals surface area contributed by atoms with Crippen LogP contribution in [0.5, 0.6) is 0 Å². The number of aliphatic hydroxyl groups excluding tert-OH is 1. The molecule has 1 amide bonds. The van der Waals surface area contributed by atoms with Gasteiger partial charge < -0.3 is 20.4 Å². The number of hydrogen-bond acceptors (Lipinski definition) is 6. The van der Waals surface area contributed by atoms with Crippen molar-refractivity contribution in [3.63, 3.8) is 0 Å². The zero-order valence-electron chi connectivity index (χ0n) is 15.2. The lowest BCUT2D eigenvalue weighted by atomic mass is 9.94. The Kier molecular flexibility index (Phi) is 5.57. The highest BCUT2D eigenvalue weighted by Gasteiger charge is 2.30. The molecule has 0 aliphatic carbocycles. The number of nitrogens with one attached hydrogen (secondary N) is 1. The van der Waals surface area contributed by atoms with Gasteiger partial charge in [0.2, 0.25) is 0 Å². The Bertz CT molecular complexity index is 794. The van der Waals surface area contributed by atoms with Crippen LogP contribution in [0.3, 0.4) is 0 Å². The Morgan fingerprint density at radius 2 is 2.27 bits per heavy atom. The third-order valence-electron chi connectivity index (χ3n) is 4.83. The van der Waals surface area contributed by atoms with Gasteiger partial charge in [-0.05, 0) is 18.6 Å². The van der Waals surface area contributed by atoms with Crippen LogP contribution in [-0.2, 0) is 0 Å². The van der Waals surface area contributed by atoms with E-state index in [2.05, 4.69) is 24.3 Å². The number of carboxylic acid groups (broad SMARTS) is 1. The number of aliphatic hydroxyl groups is 1. The van der Waals surface area contributed by atoms with Gasteiger partial charge in [-0.25, -0.2) is 14.3 Å². The van der Waals surface area contributed by atoms with E-state index in [1.165, 1.54) is 4.90 Å². The number of anilines is 1. The predicted molar refractivity (Wildman–Crippen MR) is 101 cm³/mol. The summed E-state index contributed by atoms with van der Waals surface area (Å²) >= 11 is 1.60. The van der Waals surface area contributed by atoms with Crippen LogP contribution in [0.15, 0.2) is 17.3 Å². The van der Waals surface area contributed by atoms with E-state index in [0.29, 0.717) is 25.4 Å². The third kappa shape index (κ3) is 3.73. The predicted octanol–water partition coefficient (Wildman–Crippen LogP) is 2.35. The first-order valence-electron chi connectivity index (χ1n) is 8.73. The number of amides is 1. The molecule has 1 fully saturated rings. The summed E-state index contributed by atoms with van der Waals surface area (Å²) < 4.78 is 1.85. The van der Waals surface area contributed by atoms with Crippen molar-refractivity contribution in [2.45, 2.75) is 37.3 Å². The van der Waals surface area contributed by atoms with Gasteiger partial charge in [-0.3, -0.25) is 0 Å². The number of thioether (sulfide) groups is 1. The van der Waals surface area contributed by atoms with Gasteiger partial charge in [-0.2, -0.15) is 5.10 Å². The van der Waals surface area contributed by atoms with Crippen LogP contribution in [0.1, 0.15) is 31.7 Å². The number of β-amino-alcohol motifs (C(OH)–C–C–N with tert-alkyl or cyclic N) is 1. The van der Waals surface area contributed by atoms with Crippen molar-refractivity contribution < 1.29 is 15.0 Å². The molecule has 3 heterocycles. The van der Waals surface area contributed by atoms with E-state index in [4.69, 9.17) is 10.1 Å². The summed E-state index contributed by atoms with van der Waals surface area (Å²) in [7, 11) is 0. The van der Waals surface area contributed by atoms with E-state index in [-0.39, 0.29) is 12.5 Å². The quantitative estimate of drug-likeness (QED) is 0.541. The molecule has 1 saturated heterocycles. The second-order valence-electron chi connectivity index (χ2n) is 6.90. The summed E-state index contributed by atoms with van der Waals surface area (Å²) in [6.07, 6.45) is 2.84. The van der Waals surface area contributed by atoms with Gasteiger partial charge in [0.15, 0.2) is 5.65 Å². The van der Waals surface area contributed by atoms with Crippen molar-refractivity contribution >= 4 is 29.3 Å². The van der Waals surface area contributed by atoms with Crippen molar-refractivity contribution in [2.24, 2.45) is 5.92 Å². The zero-order chi connectivity index (χ0) is 18.8. The van der Waals surface area contributed by atoms with Crippen LogP contribution in [0, 0.1) is 5.92 Å². The standard InChI is InChI=1S/C17H25N5O3S/c1-10(2)12-8-19-22-15(26-3)6-14(20-16(12)22)18-7-11-4-5-21(17(24)25)9-13(11)23/h6,8,10-11,13,23H,4-5,7,9H2,1-3H3,(H,18,20)(H,24,25)/t11-,13+/m1/s1. The first-order valence-corrected chi connectivity index (χ1v) is 9.95. The molecule has 1 aliphatic heterocycles. The molecule has 3 rings (SSSR count). The molecule has 2 atom stereocenters. The van der Waals surface area contributed by atoms with Crippen molar-refractivity contribution in [1.82, 2.24) is 19.5 Å². The van der Waals surface area contributed by atoms with Crippen LogP contribution in [0.2, 0.25) is 0 Å². The molecule has 0 bridgehead atoms. The van der Waals surface area contributed by atoms with E-state index in [0.717, 1.165) is 22.1 Å². The normalized spacial score (nSPS) is 20.7. The second kappa shape index (κ2) is 7.71. The molecule has 2 aromatic heterocycles. The van der Waals surface area contributed by atoms with Gasteiger partial charge in [0.05, 0.1) is 18.8 Å². The number of aromatic nitrogens is 3. The SMILES string of the molecule is CSc1cc(NC[C@H]2CCN(C(=O)O)C[C@@H]2O)nc2c(C(C)C)cnn12. The molecule has 0 unspecified atom stereocenters. The topological polar surface area (TPSA) is 103 Å². The highest BCUT2D eigenvalue weighted by Crippen LogP contribution is 2.26. The van der Waals surface area contributed by atoms with E-state index in [1.54, 1.807) is 11.8 Å². The number of hydrogen-bond donors (Lipinski definition) is 3. The van der Waals surface area contributed by atoms with Gasteiger partial charge in [0.25, 0.3) is 0 Å². The number of piperidine rings is 1. The Morgan fingerprint density at radius 3 is 2.88 bits per heavy atom. The average molecular weight is 379 g/mol. The number of likely N-dealkylation sites (tertiary alicyclic amines) is 1. The number of carbonyl (C=O) groups is 1. The average Bonchev–Trinajstić information content (AvgIpc) is 3.04. The summed E-state index contributed by atoms with van der Waals surface area (Å²) in [5, 5.41) is 28.0. The molecule has 26 heavy (non-hydrogen) atoms. The molecule has 3 N–H and O–H groups in total. The van der Waals surface area contributed by atoms with Crippen LogP contribution in [0.25, 0.3) is 5.65 Å². The maximum absolute atomic E-state index is 11.0. The highest BCUT2D eigenvalue weighted by molar-refractivity contribution is 7.98. The van der Waals surface area contributed by atoms with Crippen LogP contribution in [0.4, 0.5) is 10.6 Å². The Morgan fingerprint density at radius 1 is 1.50 bits per heavy atom. The summed E-state index contributed by atoms with van der Waals surface area (Å²) in [5.74, 6) is 1.07. The smallest absolute Gasteiger partial charge is 0.407 e. The van der Waals surface area contributed by atoms with E-state index < -0.39 is 12.2 Å². The number of fused-ring (bicyclic) bond motifs is 1. The molecular weight excluding hydrogens is 354 g/mol. The maximum Gasteiger partial charge on any atom is 0.407 e. The summed E-state index contributed by atoms with van der Waals surface area (Å²) in [6.45, 7) is 5.39. The molecule has 8 nitrogen and oxygen atoms in total. The minimum absolute atomic E-state index is 0.00386. The second-order valence-corrected chi connectivity index (χ2v) is 7.73. The lowest BCUT2D eigenvalue weighted by molar-refractivity contribution is 0.0294. The molecule has 0 spiro atoms. The van der Waals surface area contributed by atoms with Crippen molar-refractivity contribution in [2.75, 3.05) is 31.2 Å². The molecule has 1 aliphatic rings. The molecule has 9 heteroatoms. The maximum atomic E-state index is 11.0. The first kappa shape index (κ1) is 18.8. The lowest BCUT2D eigenvalue weighted by Crippen LogP contribution is -2.47. The van der Waals surface area contributed by atoms with Gasteiger partial charge in [-0.15, -0.1) is 11.8 Å². The van der Waals surface area contributed by atoms with Crippen molar-refractivity contribution in [1.29, 1.82) is 0 Å². The van der Waals surface area contributed by atoms with Crippen LogP contribution >= 0.6 is 11.8 Å². The minimum atomic E-state index is -0.978. The molecule has 2 aromatic rings. The van der Waals surface area contributed by atoms with Crippen molar-refractivity contribution in [3.05, 3.63) is 17.8 Å². The van der Waals surface area contributed by atoms with Gasteiger partial charge in [0, 0.05) is 30.6 Å². The Hall–Kier alpha value is -2.00. The molecule has 0 saturated carbocycles. The largest absolute Gasteiger partial charge is 0.465 e. The summed E-state index contributed by atoms with van der Waals surface area (Å²) in [4.78, 5) is 17.0. The first-order chi connectivity index (χ1) is 12.4. The number of nitrogens with zero attached hydrogens (tertiary/aromatic N) is 4. The van der Waals surface area contributed by atoms with Gasteiger partial charge >= 0.3 is 6.09 Å². The lowest BCUT2D eigenvalue weighted by Gasteiger charge is -2.34. The van der Waals surface area contributed by atoms with E-state index >= 15 is 0 Å². The van der Waals surface area contributed by atoms with Crippen molar-refractivity contribution in [3.8, 4) is 0 Å². The fourth-order valence-electron chi connectivity index (χ4n) is 3.22. The zero-order valence-corrected chi connectivity index (χ0v) is 16.0. The summed E-state index contributed by atoms with van der Waals surface area (Å²) in [5.41, 5.74) is 1.94. The molecule has 0 aromatic carbocycles. The van der Waals surface area contributed by atoms with E-state index in [9.17, 15) is 9.90 Å². The van der Waals surface area contributed by atoms with Crippen LogP contribution < -0.4 is 5.32 Å². The van der Waals surface area contributed by atoms with Crippen LogP contribution in [-0.4, -0.2) is 67.8 Å². The minimum Gasteiger partial charge on any atom is -0.465 e.